The van der Waals surface area contributed by atoms with Gasteiger partial charge in [0.1, 0.15) is 0 Å². The summed E-state index contributed by atoms with van der Waals surface area (Å²) in [6.07, 6.45) is 4.09. The van der Waals surface area contributed by atoms with Crippen molar-refractivity contribution >= 4 is 87.2 Å². The van der Waals surface area contributed by atoms with E-state index >= 15 is 0 Å². The van der Waals surface area contributed by atoms with Gasteiger partial charge in [-0.2, -0.15) is 0 Å². The van der Waals surface area contributed by atoms with Gasteiger partial charge in [0.2, 0.25) is 0 Å². The van der Waals surface area contributed by atoms with Gasteiger partial charge in [0.05, 0.1) is 55.5 Å². The fourth-order valence-electron chi connectivity index (χ4n) is 18.0. The molecule has 0 radical (unpaired) electrons. The summed E-state index contributed by atoms with van der Waals surface area (Å²) in [7, 11) is 0. The van der Waals surface area contributed by atoms with Crippen LogP contribution in [0, 0.1) is 0 Å². The van der Waals surface area contributed by atoms with Gasteiger partial charge < -0.3 is 18.3 Å². The molecule has 600 valence electrons. The van der Waals surface area contributed by atoms with E-state index in [1.165, 1.54) is 199 Å². The second kappa shape index (κ2) is 39.8. The molecule has 0 atom stereocenters. The number of nitrogens with zero attached hydrogens (tertiary/aromatic N) is 4. The highest BCUT2D eigenvalue weighted by atomic mass is 15.0. The highest BCUT2D eigenvalue weighted by Gasteiger charge is 2.27. The third-order valence-electron chi connectivity index (χ3n) is 22.5. The molecule has 0 bridgehead atoms. The molecule has 120 heavy (non-hydrogen) atoms. The molecule has 0 saturated heterocycles. The number of hydrogen-bond donors (Lipinski definition) is 0. The lowest BCUT2D eigenvalue weighted by molar-refractivity contribution is 1.12. The Labute approximate surface area is 713 Å². The smallest absolute Gasteiger partial charge is 0.0543 e. The molecule has 0 saturated carbocycles. The SMILES string of the molecule is CC.CC.CC.CC.CC.CC.CC.CC.c1ccc2c(c1)Cc1c-2cccc1-n1c2ccccc2c2ccccc21.c1ccc2c(c1)Cc1cc(-n3c4ccccc4c4ccccc43)ccc1-2.c1ccc2c(c1)Cc1ccc(-n3c4ccccc4c4ccccc43)cc1-2.c1ccc2c(c1)Cc1cccc(-n3c4ccccc4c4ccccc43)c1-2. The molecule has 4 nitrogen and oxygen atoms in total. The molecule has 4 aliphatic rings. The van der Waals surface area contributed by atoms with E-state index in [1.54, 1.807) is 0 Å². The Bertz CT molecular complexity index is 6660. The first-order valence-corrected chi connectivity index (χ1v) is 44.4. The summed E-state index contributed by atoms with van der Waals surface area (Å²) in [5.74, 6) is 0. The lowest BCUT2D eigenvalue weighted by Crippen LogP contribution is -1.98. The van der Waals surface area contributed by atoms with Crippen LogP contribution < -0.4 is 0 Å². The number of hydrogen-bond acceptors (Lipinski definition) is 0. The van der Waals surface area contributed by atoms with Crippen molar-refractivity contribution in [2.45, 2.75) is 136 Å². The van der Waals surface area contributed by atoms with Crippen molar-refractivity contribution < 1.29 is 0 Å². The minimum atomic E-state index is 1.00. The van der Waals surface area contributed by atoms with Crippen LogP contribution in [-0.4, -0.2) is 18.3 Å². The summed E-state index contributed by atoms with van der Waals surface area (Å²) in [6.45, 7) is 32.0. The van der Waals surface area contributed by atoms with E-state index in [0.29, 0.717) is 0 Å². The van der Waals surface area contributed by atoms with Crippen LogP contribution in [0.25, 0.3) is 154 Å². The largest absolute Gasteiger partial charge is 0.309 e. The molecule has 24 rings (SSSR count). The Hall–Kier alpha value is -13.3. The Morgan fingerprint density at radius 3 is 0.825 bits per heavy atom. The third-order valence-corrected chi connectivity index (χ3v) is 22.5. The minimum Gasteiger partial charge on any atom is -0.309 e. The van der Waals surface area contributed by atoms with Crippen molar-refractivity contribution in [3.8, 4) is 67.3 Å². The second-order valence-electron chi connectivity index (χ2n) is 28.1. The van der Waals surface area contributed by atoms with Gasteiger partial charge >= 0.3 is 0 Å². The Morgan fingerprint density at radius 2 is 0.408 bits per heavy atom. The van der Waals surface area contributed by atoms with E-state index < -0.39 is 0 Å². The van der Waals surface area contributed by atoms with Crippen molar-refractivity contribution in [3.63, 3.8) is 0 Å². The number of benzene rings is 16. The van der Waals surface area contributed by atoms with Gasteiger partial charge in [-0.25, -0.2) is 0 Å². The number of rotatable bonds is 4. The lowest BCUT2D eigenvalue weighted by atomic mass is 10.0. The topological polar surface area (TPSA) is 19.7 Å². The Morgan fingerprint density at radius 1 is 0.158 bits per heavy atom. The summed E-state index contributed by atoms with van der Waals surface area (Å²) in [6, 6.07) is 132. The second-order valence-corrected chi connectivity index (χ2v) is 28.1. The van der Waals surface area contributed by atoms with Crippen LogP contribution in [0.1, 0.15) is 155 Å². The van der Waals surface area contributed by atoms with Crippen LogP contribution in [-0.2, 0) is 25.7 Å². The van der Waals surface area contributed by atoms with Crippen molar-refractivity contribution in [1.82, 2.24) is 18.3 Å². The summed E-state index contributed by atoms with van der Waals surface area (Å²) in [5, 5.41) is 10.5. The zero-order valence-corrected chi connectivity index (χ0v) is 73.3. The van der Waals surface area contributed by atoms with Gasteiger partial charge in [-0.1, -0.05) is 390 Å². The number of para-hydroxylation sites is 8. The quantitative estimate of drug-likeness (QED) is 0.167. The average molecular weight is 1570 g/mol. The zero-order valence-electron chi connectivity index (χ0n) is 73.3. The summed E-state index contributed by atoms with van der Waals surface area (Å²) >= 11 is 0. The summed E-state index contributed by atoms with van der Waals surface area (Å²) < 4.78 is 9.67. The molecule has 4 heterocycles. The molecule has 20 aromatic rings. The maximum Gasteiger partial charge on any atom is 0.0543 e. The molecule has 0 N–H and O–H groups in total. The molecule has 16 aromatic carbocycles. The highest BCUT2D eigenvalue weighted by Crippen LogP contribution is 2.47. The van der Waals surface area contributed by atoms with Crippen LogP contribution in [0.2, 0.25) is 0 Å². The molecule has 4 heteroatoms. The van der Waals surface area contributed by atoms with E-state index in [0.717, 1.165) is 25.7 Å². The van der Waals surface area contributed by atoms with Crippen LogP contribution in [0.3, 0.4) is 0 Å². The molecular formula is C116H116N4. The minimum absolute atomic E-state index is 1.00. The van der Waals surface area contributed by atoms with Gasteiger partial charge in [0, 0.05) is 66.4 Å². The van der Waals surface area contributed by atoms with Gasteiger partial charge in [-0.05, 0) is 188 Å². The zero-order chi connectivity index (χ0) is 84.3. The maximum absolute atomic E-state index is 2.44. The molecule has 0 fully saturated rings. The van der Waals surface area contributed by atoms with Crippen molar-refractivity contribution in [1.29, 1.82) is 0 Å². The fraction of sp³-hybridized carbons (Fsp3) is 0.172. The monoisotopic (exact) mass is 1560 g/mol. The standard InChI is InChI=1S/4C25H17N.8C2H6/c1-2-10-19-17(8-1)16-18-9-7-15-24(25(18)19)26-22-13-5-3-11-20(22)21-12-4-6-14-23(21)26;1-2-9-18-17(8-1)16-22-19(18)12-7-15-25(22)26-23-13-5-3-10-20(23)21-11-4-6-14-24(21)26;1-2-8-20-17(7-1)15-18-16-19(13-14-21(18)20)26-24-11-5-3-9-22(24)23-10-4-6-12-25(23)26;1-2-8-20-17(7-1)15-18-13-14-19(16-23(18)20)26-24-11-5-3-9-21(24)22-10-4-6-12-25(22)26;8*1-2/h2*1-15H,16H2;2*1-14,16H,15H2;8*1-2H3. The lowest BCUT2D eigenvalue weighted by Gasteiger charge is -2.14. The molecule has 4 aromatic heterocycles. The fourth-order valence-corrected chi connectivity index (χ4v) is 18.0. The summed E-state index contributed by atoms with van der Waals surface area (Å²) in [5.41, 5.74) is 37.7. The maximum atomic E-state index is 2.44. The van der Waals surface area contributed by atoms with Crippen molar-refractivity contribution in [3.05, 3.63) is 408 Å². The van der Waals surface area contributed by atoms with Crippen LogP contribution in [0.5, 0.6) is 0 Å². The van der Waals surface area contributed by atoms with Gasteiger partial charge in [-0.15, -0.1) is 0 Å². The molecule has 0 amide bonds. The van der Waals surface area contributed by atoms with Crippen LogP contribution >= 0.6 is 0 Å². The van der Waals surface area contributed by atoms with Crippen molar-refractivity contribution in [2.75, 3.05) is 0 Å². The molecular weight excluding hydrogens is 1450 g/mol. The van der Waals surface area contributed by atoms with Crippen LogP contribution in [0.15, 0.2) is 364 Å². The Balaban J connectivity index is 0.000000131. The van der Waals surface area contributed by atoms with E-state index in [-0.39, 0.29) is 0 Å². The predicted molar refractivity (Wildman–Crippen MR) is 527 cm³/mol. The van der Waals surface area contributed by atoms with Gasteiger partial charge in [-0.3, -0.25) is 0 Å². The predicted octanol–water partition coefficient (Wildman–Crippen LogP) is 33.6. The first-order chi connectivity index (χ1) is 59.6. The number of aromatic nitrogens is 4. The normalized spacial score (nSPS) is 11.2. The molecule has 4 aliphatic carbocycles. The van der Waals surface area contributed by atoms with E-state index in [1.807, 2.05) is 111 Å². The van der Waals surface area contributed by atoms with Gasteiger partial charge in [0.25, 0.3) is 0 Å². The first kappa shape index (κ1) is 84.6. The van der Waals surface area contributed by atoms with E-state index in [9.17, 15) is 0 Å². The Kier molecular flexibility index (Phi) is 28.1. The first-order valence-electron chi connectivity index (χ1n) is 44.4. The molecule has 0 aliphatic heterocycles. The third kappa shape index (κ3) is 15.6. The van der Waals surface area contributed by atoms with Crippen molar-refractivity contribution in [2.24, 2.45) is 0 Å². The van der Waals surface area contributed by atoms with Crippen LogP contribution in [0.4, 0.5) is 0 Å². The molecule has 0 unspecified atom stereocenters. The van der Waals surface area contributed by atoms with E-state index in [4.69, 9.17) is 0 Å². The highest BCUT2D eigenvalue weighted by molar-refractivity contribution is 6.13. The summed E-state index contributed by atoms with van der Waals surface area (Å²) in [4.78, 5) is 0. The van der Waals surface area contributed by atoms with Gasteiger partial charge in [0.15, 0.2) is 0 Å². The number of fused-ring (bicyclic) bond motifs is 24. The molecule has 0 spiro atoms. The average Bonchev–Trinajstić information content (AvgIpc) is 1.59. The van der Waals surface area contributed by atoms with E-state index in [2.05, 4.69) is 382 Å².